The maximum absolute atomic E-state index is 14.5. The molecule has 0 fully saturated rings. The summed E-state index contributed by atoms with van der Waals surface area (Å²) in [5, 5.41) is 3.31. The van der Waals surface area contributed by atoms with Gasteiger partial charge in [0.05, 0.1) is 10.6 Å². The molecule has 0 saturated carbocycles. The van der Waals surface area contributed by atoms with Gasteiger partial charge in [0.15, 0.2) is 0 Å². The van der Waals surface area contributed by atoms with E-state index in [9.17, 15) is 18.0 Å². The molecular weight excluding hydrogens is 594 g/mol. The van der Waals surface area contributed by atoms with E-state index in [-0.39, 0.29) is 23.8 Å². The number of nitrogens with zero attached hydrogens (tertiary/aromatic N) is 2. The molecule has 1 N–H and O–H groups in total. The van der Waals surface area contributed by atoms with E-state index in [1.807, 2.05) is 70.2 Å². The Balaban J connectivity index is 1.82. The fourth-order valence-corrected chi connectivity index (χ4v) is 6.50. The van der Waals surface area contributed by atoms with Gasteiger partial charge in [0.25, 0.3) is 10.0 Å². The average molecular weight is 632 g/mol. The molecule has 0 aliphatic carbocycles. The number of nitrogens with one attached hydrogen (secondary N) is 1. The SMILES string of the molecule is CCNC(=O)[C@H](Cc1ccccc1)N(Cc1ccccc1Cl)C(=O)CN(c1ccc(C)c(C)c1)S(=O)(=O)c1ccc(C)cc1. The molecule has 0 bridgehead atoms. The number of carbonyl (C=O) groups excluding carboxylic acids is 2. The van der Waals surface area contributed by atoms with Gasteiger partial charge in [-0.2, -0.15) is 0 Å². The van der Waals surface area contributed by atoms with Crippen molar-refractivity contribution in [2.24, 2.45) is 0 Å². The highest BCUT2D eigenvalue weighted by atomic mass is 35.5. The summed E-state index contributed by atoms with van der Waals surface area (Å²) in [6, 6.07) is 27.4. The van der Waals surface area contributed by atoms with Crippen molar-refractivity contribution in [1.82, 2.24) is 10.2 Å². The highest BCUT2D eigenvalue weighted by Gasteiger charge is 2.34. The van der Waals surface area contributed by atoms with Crippen LogP contribution in [-0.4, -0.2) is 44.3 Å². The van der Waals surface area contributed by atoms with Crippen LogP contribution in [0.2, 0.25) is 5.02 Å². The molecule has 0 unspecified atom stereocenters. The highest BCUT2D eigenvalue weighted by Crippen LogP contribution is 2.28. The number of rotatable bonds is 12. The lowest BCUT2D eigenvalue weighted by Crippen LogP contribution is -2.53. The zero-order valence-electron chi connectivity index (χ0n) is 25.5. The van der Waals surface area contributed by atoms with Crippen LogP contribution in [-0.2, 0) is 32.6 Å². The number of likely N-dealkylation sites (N-methyl/N-ethyl adjacent to an activating group) is 1. The molecular formula is C35H38ClN3O4S. The van der Waals surface area contributed by atoms with Gasteiger partial charge >= 0.3 is 0 Å². The summed E-state index contributed by atoms with van der Waals surface area (Å²) >= 11 is 6.53. The van der Waals surface area contributed by atoms with Crippen LogP contribution in [0.1, 0.15) is 34.7 Å². The van der Waals surface area contributed by atoms with Crippen molar-refractivity contribution < 1.29 is 18.0 Å². The van der Waals surface area contributed by atoms with Gasteiger partial charge in [-0.05, 0) is 80.3 Å². The fourth-order valence-electron chi connectivity index (χ4n) is 4.90. The monoisotopic (exact) mass is 631 g/mol. The molecule has 44 heavy (non-hydrogen) atoms. The fraction of sp³-hybridized carbons (Fsp3) is 0.257. The van der Waals surface area contributed by atoms with Gasteiger partial charge in [0.2, 0.25) is 11.8 Å². The molecule has 0 radical (unpaired) electrons. The zero-order valence-corrected chi connectivity index (χ0v) is 27.0. The molecule has 2 amide bonds. The maximum Gasteiger partial charge on any atom is 0.264 e. The first-order valence-corrected chi connectivity index (χ1v) is 16.3. The van der Waals surface area contributed by atoms with Gasteiger partial charge in [0, 0.05) is 24.5 Å². The number of amides is 2. The summed E-state index contributed by atoms with van der Waals surface area (Å²) in [7, 11) is -4.17. The van der Waals surface area contributed by atoms with E-state index in [4.69, 9.17) is 11.6 Å². The van der Waals surface area contributed by atoms with Gasteiger partial charge in [-0.1, -0.05) is 83.9 Å². The lowest BCUT2D eigenvalue weighted by molar-refractivity contribution is -0.140. The normalized spacial score (nSPS) is 11.9. The van der Waals surface area contributed by atoms with Crippen LogP contribution in [0.4, 0.5) is 5.69 Å². The van der Waals surface area contributed by atoms with E-state index in [1.54, 1.807) is 42.5 Å². The van der Waals surface area contributed by atoms with Crippen molar-refractivity contribution in [2.45, 2.75) is 51.6 Å². The first-order valence-electron chi connectivity index (χ1n) is 14.5. The number of hydrogen-bond donors (Lipinski definition) is 1. The molecule has 4 rings (SSSR count). The standard InChI is InChI=1S/C35H38ClN3O4S/c1-5-37-35(41)33(22-28-11-7-6-8-12-28)38(23-29-13-9-10-14-32(29)36)34(40)24-39(30-18-17-26(3)27(4)21-30)44(42,43)31-19-15-25(2)16-20-31/h6-21,33H,5,22-24H2,1-4H3,(H,37,41)/t33-/m0/s1. The Labute approximate surface area is 265 Å². The Morgan fingerprint density at radius 3 is 2.14 bits per heavy atom. The van der Waals surface area contributed by atoms with E-state index >= 15 is 0 Å². The van der Waals surface area contributed by atoms with Crippen molar-refractivity contribution >= 4 is 39.1 Å². The third-order valence-corrected chi connectivity index (χ3v) is 9.74. The van der Waals surface area contributed by atoms with Crippen molar-refractivity contribution in [1.29, 1.82) is 0 Å². The predicted octanol–water partition coefficient (Wildman–Crippen LogP) is 6.24. The van der Waals surface area contributed by atoms with Gasteiger partial charge in [0.1, 0.15) is 12.6 Å². The number of anilines is 1. The minimum absolute atomic E-state index is 0.0124. The predicted molar refractivity (Wildman–Crippen MR) is 176 cm³/mol. The largest absolute Gasteiger partial charge is 0.355 e. The van der Waals surface area contributed by atoms with Crippen molar-refractivity contribution in [3.05, 3.63) is 130 Å². The second-order valence-corrected chi connectivity index (χ2v) is 13.1. The summed E-state index contributed by atoms with van der Waals surface area (Å²) in [6.45, 7) is 7.39. The summed E-state index contributed by atoms with van der Waals surface area (Å²) in [4.78, 5) is 29.6. The first-order chi connectivity index (χ1) is 21.0. The second-order valence-electron chi connectivity index (χ2n) is 10.8. The number of halogens is 1. The third-order valence-electron chi connectivity index (χ3n) is 7.59. The molecule has 0 aliphatic heterocycles. The van der Waals surface area contributed by atoms with Gasteiger partial charge in [-0.15, -0.1) is 0 Å². The van der Waals surface area contributed by atoms with Crippen LogP contribution in [0.3, 0.4) is 0 Å². The molecule has 7 nitrogen and oxygen atoms in total. The Bertz CT molecular complexity index is 1710. The minimum atomic E-state index is -4.17. The van der Waals surface area contributed by atoms with Gasteiger partial charge < -0.3 is 10.2 Å². The van der Waals surface area contributed by atoms with E-state index < -0.39 is 28.5 Å². The Kier molecular flexibility index (Phi) is 10.8. The molecule has 4 aromatic rings. The summed E-state index contributed by atoms with van der Waals surface area (Å²) in [6.07, 6.45) is 0.233. The van der Waals surface area contributed by atoms with Crippen molar-refractivity contribution in [2.75, 3.05) is 17.4 Å². The molecule has 0 heterocycles. The molecule has 0 aliphatic rings. The van der Waals surface area contributed by atoms with E-state index in [0.29, 0.717) is 22.8 Å². The Morgan fingerprint density at radius 1 is 0.841 bits per heavy atom. The third kappa shape index (κ3) is 7.87. The van der Waals surface area contributed by atoms with Crippen LogP contribution in [0, 0.1) is 20.8 Å². The van der Waals surface area contributed by atoms with Gasteiger partial charge in [-0.25, -0.2) is 8.42 Å². The molecule has 0 saturated heterocycles. The van der Waals surface area contributed by atoms with E-state index in [2.05, 4.69) is 5.32 Å². The van der Waals surface area contributed by atoms with E-state index in [1.165, 1.54) is 17.0 Å². The highest BCUT2D eigenvalue weighted by molar-refractivity contribution is 7.92. The number of hydrogen-bond acceptors (Lipinski definition) is 4. The average Bonchev–Trinajstić information content (AvgIpc) is 3.00. The maximum atomic E-state index is 14.5. The lowest BCUT2D eigenvalue weighted by Gasteiger charge is -2.34. The quantitative estimate of drug-likeness (QED) is 0.201. The zero-order chi connectivity index (χ0) is 31.9. The van der Waals surface area contributed by atoms with Crippen molar-refractivity contribution in [3.63, 3.8) is 0 Å². The Morgan fingerprint density at radius 2 is 1.50 bits per heavy atom. The van der Waals surface area contributed by atoms with E-state index in [0.717, 1.165) is 26.6 Å². The first kappa shape index (κ1) is 32.8. The minimum Gasteiger partial charge on any atom is -0.355 e. The molecule has 4 aromatic carbocycles. The topological polar surface area (TPSA) is 86.8 Å². The number of aryl methyl sites for hydroxylation is 3. The molecule has 1 atom stereocenters. The smallest absolute Gasteiger partial charge is 0.264 e. The lowest BCUT2D eigenvalue weighted by atomic mass is 10.0. The van der Waals surface area contributed by atoms with Crippen LogP contribution >= 0.6 is 11.6 Å². The number of carbonyl (C=O) groups is 2. The molecule has 9 heteroatoms. The van der Waals surface area contributed by atoms with Gasteiger partial charge in [-0.3, -0.25) is 13.9 Å². The molecule has 0 spiro atoms. The molecule has 0 aromatic heterocycles. The summed E-state index contributed by atoms with van der Waals surface area (Å²) in [5.41, 5.74) is 4.65. The summed E-state index contributed by atoms with van der Waals surface area (Å²) in [5.74, 6) is -0.873. The second kappa shape index (κ2) is 14.6. The van der Waals surface area contributed by atoms with Crippen LogP contribution in [0.5, 0.6) is 0 Å². The molecule has 230 valence electrons. The Hall–Kier alpha value is -4.14. The number of benzene rings is 4. The summed E-state index contributed by atoms with van der Waals surface area (Å²) < 4.78 is 29.5. The van der Waals surface area contributed by atoms with Crippen LogP contribution in [0.25, 0.3) is 0 Å². The van der Waals surface area contributed by atoms with Crippen LogP contribution < -0.4 is 9.62 Å². The van der Waals surface area contributed by atoms with Crippen molar-refractivity contribution in [3.8, 4) is 0 Å². The van der Waals surface area contributed by atoms with Crippen LogP contribution in [0.15, 0.2) is 102 Å². The number of sulfonamides is 1.